The molecule has 5 nitrogen and oxygen atoms in total. The maximum absolute atomic E-state index is 11.7. The Balaban J connectivity index is 2.21. The van der Waals surface area contributed by atoms with E-state index in [0.29, 0.717) is 16.8 Å². The average molecular weight is 260 g/mol. The summed E-state index contributed by atoms with van der Waals surface area (Å²) in [6, 6.07) is 5.40. The molecule has 18 heavy (non-hydrogen) atoms. The van der Waals surface area contributed by atoms with Crippen molar-refractivity contribution in [2.75, 3.05) is 0 Å². The van der Waals surface area contributed by atoms with E-state index < -0.39 is 11.4 Å². The third kappa shape index (κ3) is 1.76. The number of aromatic nitrogens is 2. The van der Waals surface area contributed by atoms with Crippen LogP contribution in [-0.2, 0) is 6.54 Å². The number of pyridine rings is 1. The van der Waals surface area contributed by atoms with E-state index in [1.54, 1.807) is 29.9 Å². The van der Waals surface area contributed by atoms with Gasteiger partial charge in [0.1, 0.15) is 4.70 Å². The largest absolute Gasteiger partial charge is 0.422 e. The van der Waals surface area contributed by atoms with Crippen molar-refractivity contribution in [3.05, 3.63) is 62.5 Å². The first-order chi connectivity index (χ1) is 8.75. The summed E-state index contributed by atoms with van der Waals surface area (Å²) < 4.78 is 6.59. The zero-order valence-electron chi connectivity index (χ0n) is 9.20. The topological polar surface area (TPSA) is 65.1 Å². The zero-order chi connectivity index (χ0) is 12.5. The molecule has 0 atom stereocenters. The average Bonchev–Trinajstić information content (AvgIpc) is 2.85. The van der Waals surface area contributed by atoms with E-state index >= 15 is 0 Å². The van der Waals surface area contributed by atoms with Crippen molar-refractivity contribution in [1.82, 2.24) is 9.55 Å². The lowest BCUT2D eigenvalue weighted by atomic mass is 10.3. The number of hydrogen-bond donors (Lipinski definition) is 0. The minimum Gasteiger partial charge on any atom is -0.371 e. The molecule has 0 saturated heterocycles. The molecule has 3 aromatic rings. The van der Waals surface area contributed by atoms with Crippen LogP contribution in [0.1, 0.15) is 5.56 Å². The van der Waals surface area contributed by atoms with Crippen LogP contribution in [-0.4, -0.2) is 9.55 Å². The number of nitrogens with zero attached hydrogens (tertiary/aromatic N) is 2. The second kappa shape index (κ2) is 4.23. The van der Waals surface area contributed by atoms with Crippen LogP contribution in [0.4, 0.5) is 0 Å². The maximum atomic E-state index is 11.7. The molecule has 0 N–H and O–H groups in total. The maximum Gasteiger partial charge on any atom is 0.422 e. The molecule has 6 heteroatoms. The van der Waals surface area contributed by atoms with Crippen LogP contribution in [0.2, 0.25) is 0 Å². The van der Waals surface area contributed by atoms with Crippen LogP contribution in [0.15, 0.2) is 50.0 Å². The Morgan fingerprint density at radius 2 is 2.22 bits per heavy atom. The lowest BCUT2D eigenvalue weighted by Crippen LogP contribution is -2.24. The molecule has 0 aliphatic heterocycles. The summed E-state index contributed by atoms with van der Waals surface area (Å²) in [5.41, 5.74) is 0.901. The zero-order valence-corrected chi connectivity index (χ0v) is 10.0. The third-order valence-corrected chi connectivity index (χ3v) is 3.47. The number of rotatable bonds is 2. The van der Waals surface area contributed by atoms with Gasteiger partial charge in [-0.3, -0.25) is 9.55 Å². The summed E-state index contributed by atoms with van der Waals surface area (Å²) in [5.74, 6) is -0.644. The summed E-state index contributed by atoms with van der Waals surface area (Å²) in [6.07, 6.45) is 3.34. The molecule has 90 valence electrons. The van der Waals surface area contributed by atoms with Gasteiger partial charge in [0.05, 0.1) is 12.1 Å². The highest BCUT2D eigenvalue weighted by Gasteiger charge is 2.10. The Kier molecular flexibility index (Phi) is 2.56. The van der Waals surface area contributed by atoms with Gasteiger partial charge in [0.25, 0.3) is 0 Å². The van der Waals surface area contributed by atoms with E-state index in [9.17, 15) is 9.59 Å². The molecule has 0 aliphatic carbocycles. The fraction of sp³-hybridized carbons (Fsp3) is 0.0833. The predicted octanol–water partition coefficient (Wildman–Crippen LogP) is 1.46. The van der Waals surface area contributed by atoms with Gasteiger partial charge in [-0.15, -0.1) is 11.3 Å². The first-order valence-corrected chi connectivity index (χ1v) is 6.14. The van der Waals surface area contributed by atoms with Gasteiger partial charge in [0.15, 0.2) is 0 Å². The van der Waals surface area contributed by atoms with E-state index in [1.807, 2.05) is 6.07 Å². The van der Waals surface area contributed by atoms with Crippen LogP contribution in [0.25, 0.3) is 10.2 Å². The fourth-order valence-electron chi connectivity index (χ4n) is 1.77. The van der Waals surface area contributed by atoms with E-state index in [0.717, 1.165) is 5.56 Å². The Hall–Kier alpha value is -2.21. The predicted molar refractivity (Wildman–Crippen MR) is 68.0 cm³/mol. The van der Waals surface area contributed by atoms with Gasteiger partial charge in [-0.05, 0) is 23.1 Å². The molecule has 0 saturated carbocycles. The van der Waals surface area contributed by atoms with E-state index in [-0.39, 0.29) is 0 Å². The van der Waals surface area contributed by atoms with Gasteiger partial charge in [-0.25, -0.2) is 9.59 Å². The second-order valence-corrected chi connectivity index (χ2v) is 4.65. The SMILES string of the molecule is O=c1oc(=O)n(Cc2cccnc2)c2ccsc12. The molecule has 0 aromatic carbocycles. The van der Waals surface area contributed by atoms with Crippen molar-refractivity contribution in [2.45, 2.75) is 6.54 Å². The standard InChI is InChI=1S/C12H8N2O3S/c15-11-10-9(3-5-18-10)14(12(16)17-11)7-8-2-1-4-13-6-8/h1-6H,7H2. The summed E-state index contributed by atoms with van der Waals surface area (Å²) in [4.78, 5) is 27.2. The van der Waals surface area contributed by atoms with Gasteiger partial charge in [-0.2, -0.15) is 0 Å². The van der Waals surface area contributed by atoms with Crippen molar-refractivity contribution in [1.29, 1.82) is 0 Å². The first-order valence-electron chi connectivity index (χ1n) is 5.26. The molecule has 0 radical (unpaired) electrons. The smallest absolute Gasteiger partial charge is 0.371 e. The highest BCUT2D eigenvalue weighted by atomic mass is 32.1. The minimum atomic E-state index is -0.644. The van der Waals surface area contributed by atoms with Crippen molar-refractivity contribution in [2.24, 2.45) is 0 Å². The lowest BCUT2D eigenvalue weighted by molar-refractivity contribution is 0.426. The van der Waals surface area contributed by atoms with E-state index in [1.165, 1.54) is 15.9 Å². The van der Waals surface area contributed by atoms with Crippen LogP contribution < -0.4 is 11.4 Å². The third-order valence-electron chi connectivity index (χ3n) is 2.58. The van der Waals surface area contributed by atoms with Crippen molar-refractivity contribution in [3.63, 3.8) is 0 Å². The molecular weight excluding hydrogens is 252 g/mol. The highest BCUT2D eigenvalue weighted by molar-refractivity contribution is 7.17. The summed E-state index contributed by atoms with van der Waals surface area (Å²) >= 11 is 1.27. The Bertz CT molecular complexity index is 801. The van der Waals surface area contributed by atoms with E-state index in [4.69, 9.17) is 4.42 Å². The van der Waals surface area contributed by atoms with Gasteiger partial charge in [-0.1, -0.05) is 6.07 Å². The van der Waals surface area contributed by atoms with Gasteiger partial charge in [0, 0.05) is 12.4 Å². The Morgan fingerprint density at radius 1 is 1.33 bits per heavy atom. The molecule has 3 heterocycles. The van der Waals surface area contributed by atoms with Crippen LogP contribution in [0.5, 0.6) is 0 Å². The van der Waals surface area contributed by atoms with Gasteiger partial charge in [0.2, 0.25) is 0 Å². The van der Waals surface area contributed by atoms with Crippen molar-refractivity contribution < 1.29 is 4.42 Å². The van der Waals surface area contributed by atoms with Crippen LogP contribution in [0, 0.1) is 0 Å². The Morgan fingerprint density at radius 3 is 3.00 bits per heavy atom. The summed E-state index contributed by atoms with van der Waals surface area (Å²) in [6.45, 7) is 0.337. The molecule has 0 spiro atoms. The molecule has 0 bridgehead atoms. The fourth-order valence-corrected chi connectivity index (χ4v) is 2.54. The van der Waals surface area contributed by atoms with Crippen molar-refractivity contribution in [3.8, 4) is 0 Å². The second-order valence-electron chi connectivity index (χ2n) is 3.74. The molecule has 0 amide bonds. The van der Waals surface area contributed by atoms with Crippen LogP contribution >= 0.6 is 11.3 Å². The number of thiophene rings is 1. The quantitative estimate of drug-likeness (QED) is 0.699. The number of fused-ring (bicyclic) bond motifs is 1. The summed E-state index contributed by atoms with van der Waals surface area (Å²) in [5, 5.41) is 1.76. The first kappa shape index (κ1) is 10.9. The monoisotopic (exact) mass is 260 g/mol. The molecule has 0 unspecified atom stereocenters. The summed E-state index contributed by atoms with van der Waals surface area (Å²) in [7, 11) is 0. The Labute approximate surface area is 105 Å². The molecular formula is C12H8N2O3S. The van der Waals surface area contributed by atoms with Crippen molar-refractivity contribution >= 4 is 21.6 Å². The normalized spacial score (nSPS) is 10.9. The lowest BCUT2D eigenvalue weighted by Gasteiger charge is -2.05. The molecule has 0 aliphatic rings. The highest BCUT2D eigenvalue weighted by Crippen LogP contribution is 2.15. The van der Waals surface area contributed by atoms with E-state index in [2.05, 4.69) is 4.98 Å². The van der Waals surface area contributed by atoms with Crippen LogP contribution in [0.3, 0.4) is 0 Å². The molecule has 0 fully saturated rings. The van der Waals surface area contributed by atoms with Gasteiger partial charge < -0.3 is 4.42 Å². The number of hydrogen-bond acceptors (Lipinski definition) is 5. The van der Waals surface area contributed by atoms with Gasteiger partial charge >= 0.3 is 11.4 Å². The molecule has 3 rings (SSSR count). The molecule has 3 aromatic heterocycles. The minimum absolute atomic E-state index is 0.337.